The maximum atomic E-state index is 10.4. The minimum absolute atomic E-state index is 0.367. The third kappa shape index (κ3) is 3.22. The van der Waals surface area contributed by atoms with E-state index in [1.165, 1.54) is 38.5 Å². The molecule has 0 aromatic heterocycles. The van der Waals surface area contributed by atoms with E-state index in [-0.39, 0.29) is 0 Å². The van der Waals surface area contributed by atoms with Crippen molar-refractivity contribution in [1.29, 1.82) is 0 Å². The molecular weight excluding hydrogens is 188 g/mol. The van der Waals surface area contributed by atoms with Gasteiger partial charge in [-0.1, -0.05) is 19.3 Å². The number of carboxylic acid groups (broad SMARTS) is 1. The number of aliphatic carboxylic acids is 1. The van der Waals surface area contributed by atoms with Crippen molar-refractivity contribution in [3.05, 3.63) is 0 Å². The van der Waals surface area contributed by atoms with Crippen LogP contribution < -0.4 is 0 Å². The summed E-state index contributed by atoms with van der Waals surface area (Å²) in [7, 11) is 0. The molecule has 2 unspecified atom stereocenters. The average molecular weight is 210 g/mol. The Morgan fingerprint density at radius 3 is 2.40 bits per heavy atom. The molecule has 0 aromatic carbocycles. The average Bonchev–Trinajstić information content (AvgIpc) is 2.16. The van der Waals surface area contributed by atoms with E-state index in [9.17, 15) is 4.79 Å². The Morgan fingerprint density at radius 2 is 1.80 bits per heavy atom. The zero-order chi connectivity index (χ0) is 10.7. The van der Waals surface area contributed by atoms with Crippen LogP contribution in [0.1, 0.15) is 57.8 Å². The Labute approximate surface area is 92.1 Å². The molecule has 2 atom stereocenters. The lowest BCUT2D eigenvalue weighted by molar-refractivity contribution is -0.137. The Morgan fingerprint density at radius 1 is 1.13 bits per heavy atom. The van der Waals surface area contributed by atoms with E-state index >= 15 is 0 Å². The van der Waals surface area contributed by atoms with Gasteiger partial charge in [-0.05, 0) is 49.9 Å². The van der Waals surface area contributed by atoms with Crippen LogP contribution in [-0.4, -0.2) is 11.1 Å². The summed E-state index contributed by atoms with van der Waals surface area (Å²) in [6.45, 7) is 0. The summed E-state index contributed by atoms with van der Waals surface area (Å²) in [5, 5.41) is 8.60. The van der Waals surface area contributed by atoms with Gasteiger partial charge in [0.05, 0.1) is 0 Å². The molecule has 0 spiro atoms. The van der Waals surface area contributed by atoms with Crippen LogP contribution in [0.2, 0.25) is 0 Å². The normalized spacial score (nSPS) is 35.1. The summed E-state index contributed by atoms with van der Waals surface area (Å²) in [6, 6.07) is 0. The van der Waals surface area contributed by atoms with Crippen molar-refractivity contribution in [3.8, 4) is 0 Å². The van der Waals surface area contributed by atoms with Gasteiger partial charge < -0.3 is 5.11 Å². The van der Waals surface area contributed by atoms with Crippen LogP contribution >= 0.6 is 0 Å². The molecule has 0 heterocycles. The molecule has 2 saturated carbocycles. The zero-order valence-electron chi connectivity index (χ0n) is 9.45. The number of rotatable bonds is 4. The second-order valence-corrected chi connectivity index (χ2v) is 5.52. The highest BCUT2D eigenvalue weighted by Crippen LogP contribution is 2.43. The van der Waals surface area contributed by atoms with E-state index in [0.29, 0.717) is 6.42 Å². The summed E-state index contributed by atoms with van der Waals surface area (Å²) in [6.07, 6.45) is 11.0. The maximum Gasteiger partial charge on any atom is 0.303 e. The van der Waals surface area contributed by atoms with Gasteiger partial charge in [0.15, 0.2) is 0 Å². The highest BCUT2D eigenvalue weighted by atomic mass is 16.4. The summed E-state index contributed by atoms with van der Waals surface area (Å²) in [5.41, 5.74) is 0. The van der Waals surface area contributed by atoms with E-state index in [1.54, 1.807) is 0 Å². The maximum absolute atomic E-state index is 10.4. The molecule has 2 heteroatoms. The van der Waals surface area contributed by atoms with Gasteiger partial charge in [0, 0.05) is 6.42 Å². The molecule has 0 aliphatic heterocycles. The van der Waals surface area contributed by atoms with Crippen LogP contribution in [0.4, 0.5) is 0 Å². The van der Waals surface area contributed by atoms with Gasteiger partial charge >= 0.3 is 5.97 Å². The summed E-state index contributed by atoms with van der Waals surface area (Å²) in [5.74, 6) is 2.17. The lowest BCUT2D eigenvalue weighted by atomic mass is 9.67. The monoisotopic (exact) mass is 210 g/mol. The summed E-state index contributed by atoms with van der Waals surface area (Å²) < 4.78 is 0. The van der Waals surface area contributed by atoms with Crippen LogP contribution in [0.15, 0.2) is 0 Å². The van der Waals surface area contributed by atoms with E-state index in [2.05, 4.69) is 0 Å². The molecule has 2 nitrogen and oxygen atoms in total. The molecule has 0 radical (unpaired) electrons. The highest BCUT2D eigenvalue weighted by molar-refractivity contribution is 5.66. The first-order valence-corrected chi connectivity index (χ1v) is 6.46. The molecule has 2 aliphatic carbocycles. The lowest BCUT2D eigenvalue weighted by Crippen LogP contribution is -2.26. The molecule has 86 valence electrons. The predicted octanol–water partition coefficient (Wildman–Crippen LogP) is 3.46. The Kier molecular flexibility index (Phi) is 3.66. The molecule has 2 aliphatic rings. The fourth-order valence-corrected chi connectivity index (χ4v) is 3.65. The van der Waals surface area contributed by atoms with Crippen LogP contribution in [-0.2, 0) is 4.79 Å². The second kappa shape index (κ2) is 5.00. The van der Waals surface area contributed by atoms with Crippen LogP contribution in [0.3, 0.4) is 0 Å². The first kappa shape index (κ1) is 11.0. The van der Waals surface area contributed by atoms with Gasteiger partial charge in [-0.3, -0.25) is 4.79 Å². The SMILES string of the molecule is O=C(O)CCCC1CC2CCCC(C1)C2. The van der Waals surface area contributed by atoms with Gasteiger partial charge in [-0.15, -0.1) is 0 Å². The molecule has 15 heavy (non-hydrogen) atoms. The van der Waals surface area contributed by atoms with Gasteiger partial charge in [0.2, 0.25) is 0 Å². The standard InChI is InChI=1S/C13H22O2/c14-13(15)6-2-5-12-8-10-3-1-4-11(7-10)9-12/h10-12H,1-9H2,(H,14,15). The van der Waals surface area contributed by atoms with Crippen LogP contribution in [0, 0.1) is 17.8 Å². The van der Waals surface area contributed by atoms with E-state index < -0.39 is 5.97 Å². The smallest absolute Gasteiger partial charge is 0.303 e. The Hall–Kier alpha value is -0.530. The van der Waals surface area contributed by atoms with Gasteiger partial charge in [-0.25, -0.2) is 0 Å². The Bertz CT molecular complexity index is 213. The molecule has 0 saturated heterocycles. The largest absolute Gasteiger partial charge is 0.481 e. The van der Waals surface area contributed by atoms with Gasteiger partial charge in [0.25, 0.3) is 0 Å². The van der Waals surface area contributed by atoms with Crippen molar-refractivity contribution < 1.29 is 9.90 Å². The van der Waals surface area contributed by atoms with Crippen molar-refractivity contribution >= 4 is 5.97 Å². The molecular formula is C13H22O2. The Balaban J connectivity index is 1.72. The third-order valence-electron chi connectivity index (χ3n) is 4.23. The second-order valence-electron chi connectivity index (χ2n) is 5.52. The van der Waals surface area contributed by atoms with E-state index in [4.69, 9.17) is 5.11 Å². The first-order valence-electron chi connectivity index (χ1n) is 6.46. The van der Waals surface area contributed by atoms with Crippen molar-refractivity contribution in [3.63, 3.8) is 0 Å². The molecule has 0 aromatic rings. The molecule has 2 fully saturated rings. The van der Waals surface area contributed by atoms with Crippen molar-refractivity contribution in [2.24, 2.45) is 17.8 Å². The number of hydrogen-bond donors (Lipinski definition) is 1. The van der Waals surface area contributed by atoms with Crippen LogP contribution in [0.5, 0.6) is 0 Å². The quantitative estimate of drug-likeness (QED) is 0.771. The minimum atomic E-state index is -0.633. The topological polar surface area (TPSA) is 37.3 Å². The van der Waals surface area contributed by atoms with E-state index in [1.807, 2.05) is 0 Å². The van der Waals surface area contributed by atoms with Crippen molar-refractivity contribution in [2.75, 3.05) is 0 Å². The lowest BCUT2D eigenvalue weighted by Gasteiger charge is -2.39. The zero-order valence-corrected chi connectivity index (χ0v) is 9.45. The van der Waals surface area contributed by atoms with Crippen molar-refractivity contribution in [1.82, 2.24) is 0 Å². The predicted molar refractivity (Wildman–Crippen MR) is 59.7 cm³/mol. The number of fused-ring (bicyclic) bond motifs is 2. The van der Waals surface area contributed by atoms with E-state index in [0.717, 1.165) is 30.6 Å². The molecule has 2 rings (SSSR count). The number of carboxylic acids is 1. The summed E-state index contributed by atoms with van der Waals surface area (Å²) >= 11 is 0. The first-order chi connectivity index (χ1) is 7.24. The fraction of sp³-hybridized carbons (Fsp3) is 0.923. The van der Waals surface area contributed by atoms with Crippen LogP contribution in [0.25, 0.3) is 0 Å². The fourth-order valence-electron chi connectivity index (χ4n) is 3.65. The number of carbonyl (C=O) groups is 1. The number of hydrogen-bond acceptors (Lipinski definition) is 1. The van der Waals surface area contributed by atoms with Gasteiger partial charge in [-0.2, -0.15) is 0 Å². The molecule has 1 N–H and O–H groups in total. The molecule has 2 bridgehead atoms. The van der Waals surface area contributed by atoms with Gasteiger partial charge in [0.1, 0.15) is 0 Å². The van der Waals surface area contributed by atoms with Crippen molar-refractivity contribution in [2.45, 2.75) is 57.8 Å². The summed E-state index contributed by atoms with van der Waals surface area (Å²) in [4.78, 5) is 10.4. The third-order valence-corrected chi connectivity index (χ3v) is 4.23. The highest BCUT2D eigenvalue weighted by Gasteiger charge is 2.31. The minimum Gasteiger partial charge on any atom is -0.481 e. The molecule has 0 amide bonds.